The second-order valence-electron chi connectivity index (χ2n) is 1.28. The Morgan fingerprint density at radius 1 is 1.38 bits per heavy atom. The van der Waals surface area contributed by atoms with Crippen molar-refractivity contribution in [2.45, 2.75) is 19.3 Å². The Hall–Kier alpha value is -0.220. The van der Waals surface area contributed by atoms with Crippen molar-refractivity contribution in [2.75, 3.05) is 0 Å². The summed E-state index contributed by atoms with van der Waals surface area (Å²) in [6.07, 6.45) is 2.40. The molecule has 2 heteroatoms. The predicted octanol–water partition coefficient (Wildman–Crippen LogP) is 2.08. The Morgan fingerprint density at radius 2 is 2.12 bits per heavy atom. The summed E-state index contributed by atoms with van der Waals surface area (Å²) < 4.78 is 2.74. The molecule has 0 aliphatic carbocycles. The lowest BCUT2D eigenvalue weighted by Crippen LogP contribution is -1.66. The summed E-state index contributed by atoms with van der Waals surface area (Å²) in [4.78, 5) is 0. The number of nitrogens with zero attached hydrogens (tertiary/aromatic N) is 1. The Balaban J connectivity index is 2.93. The highest BCUT2D eigenvalue weighted by Crippen LogP contribution is 1.90. The topological polar surface area (TPSA) is 23.8 Å². The molecule has 0 spiro atoms. The van der Waals surface area contributed by atoms with Gasteiger partial charge in [-0.15, -0.1) is 0 Å². The quantitative estimate of drug-likeness (QED) is 0.396. The van der Waals surface area contributed by atoms with E-state index in [0.29, 0.717) is 6.42 Å². The number of hydrogen-bond donors (Lipinski definition) is 0. The van der Waals surface area contributed by atoms with Gasteiger partial charge >= 0.3 is 0 Å². The van der Waals surface area contributed by atoms with E-state index in [1.54, 1.807) is 0 Å². The Morgan fingerprint density at radius 3 is 2.62 bits per heavy atom. The van der Waals surface area contributed by atoms with E-state index in [2.05, 4.69) is 15.9 Å². The maximum absolute atomic E-state index is 8.07. The van der Waals surface area contributed by atoms with Crippen molar-refractivity contribution in [3.63, 3.8) is 0 Å². The number of unbranched alkanes of at least 4 members (excludes halogenated alkanes) is 2. The van der Waals surface area contributed by atoms with E-state index >= 15 is 0 Å². The van der Waals surface area contributed by atoms with Crippen molar-refractivity contribution in [1.29, 1.82) is 5.26 Å². The number of nitriles is 1. The zero-order valence-electron chi connectivity index (χ0n) is 4.45. The third-order valence-corrected chi connectivity index (χ3v) is 1.04. The lowest BCUT2D eigenvalue weighted by Gasteiger charge is -1.78. The lowest BCUT2D eigenvalue weighted by atomic mass is 10.3. The minimum atomic E-state index is 0.630. The van der Waals surface area contributed by atoms with Crippen molar-refractivity contribution in [3.05, 3.63) is 0 Å². The van der Waals surface area contributed by atoms with E-state index in [9.17, 15) is 0 Å². The van der Waals surface area contributed by atoms with Gasteiger partial charge in [-0.3, -0.25) is 0 Å². The highest BCUT2D eigenvalue weighted by molar-refractivity contribution is 14.1. The molecule has 0 aromatic carbocycles. The summed E-state index contributed by atoms with van der Waals surface area (Å²) in [6, 6.07) is 2.06. The maximum Gasteiger partial charge on any atom is 0.0622 e. The van der Waals surface area contributed by atoms with Crippen LogP contribution in [-0.2, 0) is 0 Å². The maximum atomic E-state index is 8.07. The van der Waals surface area contributed by atoms with E-state index in [0.717, 1.165) is 12.8 Å². The molecular weight excluding hydrogens is 213 g/mol. The molecule has 0 heterocycles. The molecule has 0 aromatic heterocycles. The van der Waals surface area contributed by atoms with Crippen LogP contribution in [0.1, 0.15) is 19.3 Å². The normalized spacial score (nSPS) is 6.50. The van der Waals surface area contributed by atoms with Gasteiger partial charge in [0, 0.05) is 35.4 Å². The minimum Gasteiger partial charge on any atom is -0.198 e. The predicted molar refractivity (Wildman–Crippen MR) is 41.3 cm³/mol. The van der Waals surface area contributed by atoms with Gasteiger partial charge in [-0.05, 0) is 10.3 Å². The summed E-state index contributed by atoms with van der Waals surface area (Å²) in [5, 5.41) is 8.07. The highest BCUT2D eigenvalue weighted by atomic mass is 127. The summed E-state index contributed by atoms with van der Waals surface area (Å²) in [7, 11) is 0. The molecule has 0 aliphatic rings. The fourth-order valence-electron chi connectivity index (χ4n) is 0.303. The third kappa shape index (κ3) is 5.78. The number of hydrogen-bond acceptors (Lipinski definition) is 1. The molecule has 0 saturated carbocycles. The Kier molecular flexibility index (Phi) is 6.59. The van der Waals surface area contributed by atoms with Crippen molar-refractivity contribution in [1.82, 2.24) is 0 Å². The first kappa shape index (κ1) is 7.78. The van der Waals surface area contributed by atoms with Crippen LogP contribution in [0.15, 0.2) is 0 Å². The van der Waals surface area contributed by atoms with Crippen molar-refractivity contribution in [2.24, 2.45) is 0 Å². The second-order valence-corrected chi connectivity index (χ2v) is 1.82. The van der Waals surface area contributed by atoms with Gasteiger partial charge in [-0.25, -0.2) is 0 Å². The molecule has 42 valence electrons. The molecule has 0 saturated heterocycles. The van der Waals surface area contributed by atoms with Crippen LogP contribution in [0.4, 0.5) is 0 Å². The molecule has 0 aromatic rings. The molecule has 8 heavy (non-hydrogen) atoms. The highest BCUT2D eigenvalue weighted by Gasteiger charge is 1.78. The molecule has 0 aliphatic heterocycles. The monoisotopic (exact) mass is 219 g/mol. The van der Waals surface area contributed by atoms with E-state index < -0.39 is 0 Å². The smallest absolute Gasteiger partial charge is 0.0622 e. The molecule has 0 amide bonds. The van der Waals surface area contributed by atoms with Gasteiger partial charge in [0.25, 0.3) is 0 Å². The summed E-state index contributed by atoms with van der Waals surface area (Å²) in [6.45, 7) is 0. The van der Waals surface area contributed by atoms with Gasteiger partial charge < -0.3 is 0 Å². The fraction of sp³-hybridized carbons (Fsp3) is 0.500. The van der Waals surface area contributed by atoms with E-state index in [-0.39, 0.29) is 0 Å². The summed E-state index contributed by atoms with van der Waals surface area (Å²) in [5.74, 6) is 2.87. The van der Waals surface area contributed by atoms with Gasteiger partial charge in [-0.1, -0.05) is 5.92 Å². The first-order valence-electron chi connectivity index (χ1n) is 2.37. The van der Waals surface area contributed by atoms with Gasteiger partial charge in [0.05, 0.1) is 6.07 Å². The standard InChI is InChI=1S/C6H6IN/c7-5-3-1-2-4-6-8/h1-2,4H2. The molecular formula is C6H6IN. The van der Waals surface area contributed by atoms with Gasteiger partial charge in [-0.2, -0.15) is 5.26 Å². The van der Waals surface area contributed by atoms with Crippen LogP contribution in [0.5, 0.6) is 0 Å². The average Bonchev–Trinajstić information content (AvgIpc) is 1.81. The first-order valence-corrected chi connectivity index (χ1v) is 3.45. The van der Waals surface area contributed by atoms with Crippen LogP contribution in [0.2, 0.25) is 0 Å². The second kappa shape index (κ2) is 6.78. The molecule has 0 fully saturated rings. The first-order chi connectivity index (χ1) is 3.91. The van der Waals surface area contributed by atoms with Gasteiger partial charge in [0.15, 0.2) is 0 Å². The van der Waals surface area contributed by atoms with Crippen LogP contribution in [0.25, 0.3) is 0 Å². The van der Waals surface area contributed by atoms with Gasteiger partial charge in [0.2, 0.25) is 0 Å². The van der Waals surface area contributed by atoms with Gasteiger partial charge in [0.1, 0.15) is 0 Å². The minimum absolute atomic E-state index is 0.630. The summed E-state index contributed by atoms with van der Waals surface area (Å²) in [5.41, 5.74) is 0. The molecule has 0 radical (unpaired) electrons. The third-order valence-electron chi connectivity index (χ3n) is 0.657. The lowest BCUT2D eigenvalue weighted by molar-refractivity contribution is 0.894. The van der Waals surface area contributed by atoms with Crippen molar-refractivity contribution >= 4 is 22.6 Å². The zero-order valence-corrected chi connectivity index (χ0v) is 6.60. The average molecular weight is 219 g/mol. The van der Waals surface area contributed by atoms with Crippen LogP contribution in [0.3, 0.4) is 0 Å². The van der Waals surface area contributed by atoms with E-state index in [4.69, 9.17) is 5.26 Å². The Bertz CT molecular complexity index is 135. The van der Waals surface area contributed by atoms with Crippen molar-refractivity contribution < 1.29 is 0 Å². The molecule has 0 rings (SSSR count). The Labute approximate surface area is 63.2 Å². The molecule has 1 nitrogen and oxygen atoms in total. The van der Waals surface area contributed by atoms with Crippen LogP contribution < -0.4 is 0 Å². The SMILES string of the molecule is N#CCCCC#CI. The largest absolute Gasteiger partial charge is 0.198 e. The van der Waals surface area contributed by atoms with E-state index in [1.807, 2.05) is 22.6 Å². The number of rotatable bonds is 2. The molecule has 0 unspecified atom stereocenters. The molecule has 0 N–H and O–H groups in total. The molecule has 0 atom stereocenters. The molecule has 0 bridgehead atoms. The van der Waals surface area contributed by atoms with Crippen LogP contribution in [0, 0.1) is 21.2 Å². The fourth-order valence-corrected chi connectivity index (χ4v) is 0.573. The van der Waals surface area contributed by atoms with Crippen LogP contribution in [-0.4, -0.2) is 0 Å². The zero-order chi connectivity index (χ0) is 6.24. The van der Waals surface area contributed by atoms with Crippen molar-refractivity contribution in [3.8, 4) is 15.9 Å². The summed E-state index contributed by atoms with van der Waals surface area (Å²) >= 11 is 2.00. The number of halogens is 1. The van der Waals surface area contributed by atoms with E-state index in [1.165, 1.54) is 0 Å². The van der Waals surface area contributed by atoms with Crippen LogP contribution >= 0.6 is 22.6 Å².